The topological polar surface area (TPSA) is 224 Å². The van der Waals surface area contributed by atoms with Crippen molar-refractivity contribution in [1.82, 2.24) is 41.7 Å². The number of ketones is 2. The van der Waals surface area contributed by atoms with Gasteiger partial charge >= 0.3 is 0 Å². The van der Waals surface area contributed by atoms with Gasteiger partial charge in [-0.1, -0.05) is 90.1 Å². The maximum atomic E-state index is 14.8. The normalized spacial score (nSPS) is 22.7. The van der Waals surface area contributed by atoms with E-state index < -0.39 is 70.7 Å². The highest BCUT2D eigenvalue weighted by molar-refractivity contribution is 6.03. The largest absolute Gasteiger partial charge is 0.497 e. The Bertz CT molecular complexity index is 2550. The lowest BCUT2D eigenvalue weighted by Crippen LogP contribution is -2.59. The molecular formula is C61H84N8O9. The Kier molecular flexibility index (Phi) is 19.1. The second-order valence-electron chi connectivity index (χ2n) is 24.4. The number of hydrogen-bond donors (Lipinski definition) is 6. The number of likely N-dealkylation sites (tertiary alicyclic amines) is 2. The standard InChI is InChI=1S/C61H84N8O9/c1-35(62-9)54(72)66-52(60(3,4)5)58(76)68-33-37(26-48(68)56(74)64-46-24-16-20-39-18-12-14-22-44(39)46)28-50(70)41-30-42(32-43(31-41)78-11)51(71)29-38-27-49(57(75)65-47-25-17-21-40-19-13-15-23-45(40)47)69(34-38)59(77)53(61(6,7)8)67-55(73)36(2)63-10/h12-15,18-19,22-23,30-32,35-38,46-49,52-53,62-63H,16-17,20-21,24-29,33-34H2,1-11H3,(H,64,74)(H,65,75)(H,66,72)(H,67,73)/t35-,36-,37+,38+,46+,47+,48-,49-,52+,53+/m0/s1. The number of ether oxygens (including phenoxy) is 1. The first-order chi connectivity index (χ1) is 36.9. The SMILES string of the molecule is CN[C@@H](C)C(=O)N[C@H](C(=O)N1C[C@@H](CC(=O)c2cc(OC)cc(C(=O)C[C@H]3C[C@@H](C(=O)N[C@@H]4CCCc5ccccc54)N(C(=O)[C@@H](NC(=O)[C@H](C)NC)C(C)(C)C)C3)c2)C[C@H]1C(=O)N[C@@H]1CCCc2ccccc21)C(C)(C)C. The number of nitrogens with one attached hydrogen (secondary N) is 6. The average Bonchev–Trinajstić information content (AvgIpc) is 4.05. The lowest BCUT2D eigenvalue weighted by Gasteiger charge is -2.36. The van der Waals surface area contributed by atoms with E-state index in [2.05, 4.69) is 44.0 Å². The molecule has 7 rings (SSSR count). The second-order valence-corrected chi connectivity index (χ2v) is 24.4. The summed E-state index contributed by atoms with van der Waals surface area (Å²) in [6.45, 7) is 14.7. The van der Waals surface area contributed by atoms with Gasteiger partial charge in [0.05, 0.1) is 31.3 Å². The number of benzene rings is 3. The molecule has 0 spiro atoms. The first-order valence-corrected chi connectivity index (χ1v) is 28.0. The highest BCUT2D eigenvalue weighted by Gasteiger charge is 2.48. The van der Waals surface area contributed by atoms with Gasteiger partial charge in [0, 0.05) is 37.1 Å². The molecule has 0 aromatic heterocycles. The highest BCUT2D eigenvalue weighted by atomic mass is 16.5. The molecule has 2 aliphatic heterocycles. The van der Waals surface area contributed by atoms with Crippen LogP contribution in [0.25, 0.3) is 0 Å². The van der Waals surface area contributed by atoms with E-state index in [1.807, 2.05) is 77.9 Å². The Morgan fingerprint density at radius 1 is 0.590 bits per heavy atom. The predicted octanol–water partition coefficient (Wildman–Crippen LogP) is 5.94. The Morgan fingerprint density at radius 2 is 0.974 bits per heavy atom. The summed E-state index contributed by atoms with van der Waals surface area (Å²) in [4.78, 5) is 117. The van der Waals surface area contributed by atoms with E-state index in [0.29, 0.717) is 0 Å². The van der Waals surface area contributed by atoms with Gasteiger partial charge in [0.25, 0.3) is 0 Å². The smallest absolute Gasteiger partial charge is 0.246 e. The molecule has 0 radical (unpaired) electrons. The molecule has 2 saturated heterocycles. The molecule has 6 amide bonds. The molecule has 3 aromatic carbocycles. The van der Waals surface area contributed by atoms with Crippen LogP contribution in [0.4, 0.5) is 0 Å². The number of likely N-dealkylation sites (N-methyl/N-ethyl adjacent to an activating group) is 2. The van der Waals surface area contributed by atoms with Crippen molar-refractivity contribution in [2.45, 2.75) is 168 Å². The summed E-state index contributed by atoms with van der Waals surface area (Å²) < 4.78 is 5.66. The van der Waals surface area contributed by atoms with Gasteiger partial charge in [0.1, 0.15) is 29.9 Å². The van der Waals surface area contributed by atoms with Crippen molar-refractivity contribution in [3.8, 4) is 5.75 Å². The number of amides is 6. The predicted molar refractivity (Wildman–Crippen MR) is 298 cm³/mol. The van der Waals surface area contributed by atoms with Crippen LogP contribution in [0, 0.1) is 22.7 Å². The Balaban J connectivity index is 1.12. The van der Waals surface area contributed by atoms with Crippen LogP contribution < -0.4 is 36.6 Å². The van der Waals surface area contributed by atoms with Crippen LogP contribution in [0.1, 0.15) is 162 Å². The minimum atomic E-state index is -0.982. The summed E-state index contributed by atoms with van der Waals surface area (Å²) in [7, 11) is 4.77. The molecule has 422 valence electrons. The van der Waals surface area contributed by atoms with Gasteiger partial charge in [0.15, 0.2) is 11.6 Å². The van der Waals surface area contributed by atoms with Gasteiger partial charge in [-0.05, 0) is 142 Å². The van der Waals surface area contributed by atoms with E-state index in [1.165, 1.54) is 28.0 Å². The quantitative estimate of drug-likeness (QED) is 0.0771. The molecule has 3 aromatic rings. The fraction of sp³-hybridized carbons (Fsp3) is 0.574. The number of methoxy groups -OCH3 is 1. The van der Waals surface area contributed by atoms with E-state index in [1.54, 1.807) is 46.1 Å². The van der Waals surface area contributed by atoms with Crippen molar-refractivity contribution in [1.29, 1.82) is 0 Å². The summed E-state index contributed by atoms with van der Waals surface area (Å²) in [6.07, 6.45) is 5.35. The van der Waals surface area contributed by atoms with E-state index in [9.17, 15) is 38.4 Å². The minimum absolute atomic E-state index is 0.0511. The van der Waals surface area contributed by atoms with Gasteiger partial charge < -0.3 is 46.4 Å². The van der Waals surface area contributed by atoms with Crippen LogP contribution in [-0.2, 0) is 41.6 Å². The highest BCUT2D eigenvalue weighted by Crippen LogP contribution is 2.37. The van der Waals surface area contributed by atoms with Gasteiger partial charge in [-0.15, -0.1) is 0 Å². The van der Waals surface area contributed by atoms with E-state index in [4.69, 9.17) is 4.74 Å². The Hall–Kier alpha value is -6.46. The summed E-state index contributed by atoms with van der Waals surface area (Å²) >= 11 is 0. The molecule has 78 heavy (non-hydrogen) atoms. The van der Waals surface area contributed by atoms with Crippen LogP contribution in [0.15, 0.2) is 66.7 Å². The number of aryl methyl sites for hydroxylation is 2. The number of hydrogen-bond acceptors (Lipinski definition) is 11. The maximum absolute atomic E-state index is 14.8. The van der Waals surface area contributed by atoms with E-state index >= 15 is 0 Å². The van der Waals surface area contributed by atoms with Gasteiger partial charge in [-0.3, -0.25) is 38.4 Å². The summed E-state index contributed by atoms with van der Waals surface area (Å²) in [5, 5.41) is 18.2. The van der Waals surface area contributed by atoms with Crippen molar-refractivity contribution in [3.63, 3.8) is 0 Å². The third kappa shape index (κ3) is 13.9. The van der Waals surface area contributed by atoms with Gasteiger partial charge in [-0.2, -0.15) is 0 Å². The summed E-state index contributed by atoms with van der Waals surface area (Å²) in [5.41, 5.74) is 3.39. The van der Waals surface area contributed by atoms with Gasteiger partial charge in [-0.25, -0.2) is 0 Å². The van der Waals surface area contributed by atoms with Crippen LogP contribution in [0.5, 0.6) is 5.75 Å². The molecule has 2 fully saturated rings. The number of carbonyl (C=O) groups is 8. The summed E-state index contributed by atoms with van der Waals surface area (Å²) in [6, 6.07) is 15.3. The van der Waals surface area contributed by atoms with Crippen LogP contribution in [0.3, 0.4) is 0 Å². The molecule has 10 atom stereocenters. The maximum Gasteiger partial charge on any atom is 0.246 e. The average molecular weight is 1070 g/mol. The number of nitrogens with zero attached hydrogens (tertiary/aromatic N) is 2. The molecule has 2 heterocycles. The number of carbonyl (C=O) groups excluding carboxylic acids is 8. The molecule has 0 unspecified atom stereocenters. The van der Waals surface area contributed by atoms with Crippen molar-refractivity contribution in [3.05, 3.63) is 100 Å². The number of Topliss-reactive ketones (excluding diaryl/α,β-unsaturated/α-hetero) is 2. The zero-order valence-electron chi connectivity index (χ0n) is 47.7. The fourth-order valence-corrected chi connectivity index (χ4v) is 11.7. The Morgan fingerprint density at radius 3 is 1.33 bits per heavy atom. The van der Waals surface area contributed by atoms with Crippen LogP contribution in [0.2, 0.25) is 0 Å². The zero-order chi connectivity index (χ0) is 56.8. The monoisotopic (exact) mass is 1070 g/mol. The third-order valence-electron chi connectivity index (χ3n) is 16.5. The van der Waals surface area contributed by atoms with Crippen molar-refractivity contribution in [2.24, 2.45) is 22.7 Å². The molecule has 4 aliphatic rings. The molecule has 2 aliphatic carbocycles. The molecule has 0 saturated carbocycles. The second kappa shape index (κ2) is 25.1. The lowest BCUT2D eigenvalue weighted by molar-refractivity contribution is -0.144. The van der Waals surface area contributed by atoms with Crippen LogP contribution >= 0.6 is 0 Å². The van der Waals surface area contributed by atoms with Crippen LogP contribution in [-0.4, -0.2) is 127 Å². The van der Waals surface area contributed by atoms with Crippen molar-refractivity contribution in [2.75, 3.05) is 34.3 Å². The lowest BCUT2D eigenvalue weighted by atomic mass is 9.85. The summed E-state index contributed by atoms with van der Waals surface area (Å²) in [5.74, 6) is -3.46. The molecule has 0 bridgehead atoms. The molecular weight excluding hydrogens is 989 g/mol. The van der Waals surface area contributed by atoms with Crippen molar-refractivity contribution >= 4 is 47.0 Å². The number of rotatable bonds is 19. The molecule has 17 heteroatoms. The third-order valence-corrected chi connectivity index (χ3v) is 16.5. The molecule has 6 N–H and O–H groups in total. The minimum Gasteiger partial charge on any atom is -0.497 e. The van der Waals surface area contributed by atoms with Gasteiger partial charge in [0.2, 0.25) is 35.4 Å². The first-order valence-electron chi connectivity index (χ1n) is 28.0. The Labute approximate surface area is 460 Å². The first kappa shape index (κ1) is 59.2. The number of fused-ring (bicyclic) bond motifs is 2. The zero-order valence-corrected chi connectivity index (χ0v) is 47.7. The van der Waals surface area contributed by atoms with Crippen molar-refractivity contribution < 1.29 is 43.1 Å². The fourth-order valence-electron chi connectivity index (χ4n) is 11.7. The van der Waals surface area contributed by atoms with E-state index in [0.717, 1.165) is 49.7 Å². The molecule has 17 nitrogen and oxygen atoms in total. The van der Waals surface area contributed by atoms with E-state index in [-0.39, 0.29) is 103 Å².